The van der Waals surface area contributed by atoms with Crippen LogP contribution in [0.3, 0.4) is 0 Å². The fraction of sp³-hybridized carbons (Fsp3) is 0.714. The van der Waals surface area contributed by atoms with Crippen molar-refractivity contribution < 1.29 is 4.39 Å². The van der Waals surface area contributed by atoms with Gasteiger partial charge in [0.05, 0.1) is 0 Å². The molecule has 0 aromatic heterocycles. The fourth-order valence-corrected chi connectivity index (χ4v) is 2.04. The lowest BCUT2D eigenvalue weighted by atomic mass is 9.81. The van der Waals surface area contributed by atoms with Gasteiger partial charge in [0.1, 0.15) is 6.17 Å². The first-order valence-electron chi connectivity index (χ1n) is 5.99. The first-order chi connectivity index (χ1) is 6.97. The normalized spacial score (nSPS) is 29.1. The Hall–Kier alpha value is -0.590. The molecule has 0 saturated carbocycles. The van der Waals surface area contributed by atoms with Crippen LogP contribution >= 0.6 is 0 Å². The highest BCUT2D eigenvalue weighted by Crippen LogP contribution is 2.34. The smallest absolute Gasteiger partial charge is 0.128 e. The molecule has 1 heteroatoms. The van der Waals surface area contributed by atoms with E-state index in [0.29, 0.717) is 5.92 Å². The van der Waals surface area contributed by atoms with Crippen LogP contribution in [0, 0.1) is 11.8 Å². The number of allylic oxidation sites excluding steroid dienone is 4. The van der Waals surface area contributed by atoms with Crippen molar-refractivity contribution in [3.8, 4) is 0 Å². The number of alkyl halides is 1. The topological polar surface area (TPSA) is 0 Å². The van der Waals surface area contributed by atoms with Crippen LogP contribution in [0.1, 0.15) is 47.5 Å². The fourth-order valence-electron chi connectivity index (χ4n) is 2.04. The minimum absolute atomic E-state index is 0.0608. The molecular weight excluding hydrogens is 187 g/mol. The predicted octanol–water partition coefficient (Wildman–Crippen LogP) is 4.67. The van der Waals surface area contributed by atoms with Gasteiger partial charge in [-0.25, -0.2) is 4.39 Å². The minimum atomic E-state index is -0.769. The van der Waals surface area contributed by atoms with Gasteiger partial charge in [-0.2, -0.15) is 0 Å². The van der Waals surface area contributed by atoms with Crippen molar-refractivity contribution in [2.45, 2.75) is 53.6 Å². The second-order valence-electron chi connectivity index (χ2n) is 5.00. The summed E-state index contributed by atoms with van der Waals surface area (Å²) < 4.78 is 13.9. The third-order valence-corrected chi connectivity index (χ3v) is 3.74. The summed E-state index contributed by atoms with van der Waals surface area (Å²) in [6, 6.07) is 0. The van der Waals surface area contributed by atoms with Gasteiger partial charge >= 0.3 is 0 Å². The second-order valence-corrected chi connectivity index (χ2v) is 5.00. The Balaban J connectivity index is 2.87. The van der Waals surface area contributed by atoms with Gasteiger partial charge in [-0.1, -0.05) is 38.8 Å². The summed E-state index contributed by atoms with van der Waals surface area (Å²) in [5.41, 5.74) is 3.37. The zero-order chi connectivity index (χ0) is 11.6. The van der Waals surface area contributed by atoms with E-state index in [9.17, 15) is 4.39 Å². The molecule has 0 amide bonds. The molecule has 86 valence electrons. The highest BCUT2D eigenvalue weighted by Gasteiger charge is 2.26. The third kappa shape index (κ3) is 2.70. The number of hydrogen-bond acceptors (Lipinski definition) is 0. The quantitative estimate of drug-likeness (QED) is 0.635. The maximum Gasteiger partial charge on any atom is 0.128 e. The van der Waals surface area contributed by atoms with Crippen molar-refractivity contribution in [2.24, 2.45) is 11.8 Å². The van der Waals surface area contributed by atoms with Crippen LogP contribution in [0.4, 0.5) is 4.39 Å². The molecular formula is C14H23F. The molecule has 0 heterocycles. The van der Waals surface area contributed by atoms with Gasteiger partial charge in [0.2, 0.25) is 0 Å². The van der Waals surface area contributed by atoms with Crippen molar-refractivity contribution in [3.05, 3.63) is 22.8 Å². The Labute approximate surface area is 93.3 Å². The Morgan fingerprint density at radius 2 is 2.00 bits per heavy atom. The predicted molar refractivity (Wildman–Crippen MR) is 64.6 cm³/mol. The highest BCUT2D eigenvalue weighted by atomic mass is 19.1. The van der Waals surface area contributed by atoms with Gasteiger partial charge in [-0.15, -0.1) is 0 Å². The molecule has 1 rings (SSSR count). The van der Waals surface area contributed by atoms with E-state index in [1.165, 1.54) is 11.1 Å². The van der Waals surface area contributed by atoms with E-state index in [1.807, 2.05) is 20.8 Å². The Morgan fingerprint density at radius 1 is 1.40 bits per heavy atom. The van der Waals surface area contributed by atoms with E-state index >= 15 is 0 Å². The van der Waals surface area contributed by atoms with Crippen LogP contribution in [0.25, 0.3) is 0 Å². The maximum atomic E-state index is 13.9. The highest BCUT2D eigenvalue weighted by molar-refractivity contribution is 5.36. The van der Waals surface area contributed by atoms with Gasteiger partial charge in [0, 0.05) is 5.92 Å². The van der Waals surface area contributed by atoms with E-state index in [-0.39, 0.29) is 5.92 Å². The third-order valence-electron chi connectivity index (χ3n) is 3.74. The number of hydrogen-bond donors (Lipinski definition) is 0. The van der Waals surface area contributed by atoms with E-state index in [1.54, 1.807) is 0 Å². The zero-order valence-corrected chi connectivity index (χ0v) is 10.6. The Bertz CT molecular complexity index is 286. The summed E-state index contributed by atoms with van der Waals surface area (Å²) in [7, 11) is 0. The molecule has 0 aromatic carbocycles. The van der Waals surface area contributed by atoms with Crippen molar-refractivity contribution in [1.82, 2.24) is 0 Å². The van der Waals surface area contributed by atoms with Crippen molar-refractivity contribution >= 4 is 0 Å². The van der Waals surface area contributed by atoms with E-state index in [2.05, 4.69) is 19.9 Å². The first-order valence-corrected chi connectivity index (χ1v) is 5.99. The van der Waals surface area contributed by atoms with E-state index in [0.717, 1.165) is 18.4 Å². The van der Waals surface area contributed by atoms with Gasteiger partial charge in [-0.3, -0.25) is 0 Å². The zero-order valence-electron chi connectivity index (χ0n) is 10.6. The van der Waals surface area contributed by atoms with Crippen LogP contribution < -0.4 is 0 Å². The van der Waals surface area contributed by atoms with Crippen LogP contribution in [-0.4, -0.2) is 6.17 Å². The Kier molecular flexibility index (Phi) is 4.12. The largest absolute Gasteiger partial charge is 0.242 e. The summed E-state index contributed by atoms with van der Waals surface area (Å²) in [4.78, 5) is 0. The molecule has 15 heavy (non-hydrogen) atoms. The van der Waals surface area contributed by atoms with Gasteiger partial charge in [0.25, 0.3) is 0 Å². The van der Waals surface area contributed by atoms with E-state index < -0.39 is 6.17 Å². The van der Waals surface area contributed by atoms with Crippen LogP contribution in [0.5, 0.6) is 0 Å². The summed E-state index contributed by atoms with van der Waals surface area (Å²) in [5, 5.41) is 0. The van der Waals surface area contributed by atoms with Crippen molar-refractivity contribution in [3.63, 3.8) is 0 Å². The molecule has 0 aromatic rings. The lowest BCUT2D eigenvalue weighted by Gasteiger charge is -2.27. The summed E-state index contributed by atoms with van der Waals surface area (Å²) >= 11 is 0. The average Bonchev–Trinajstić information content (AvgIpc) is 2.22. The first kappa shape index (κ1) is 12.5. The molecule has 0 N–H and O–H groups in total. The van der Waals surface area contributed by atoms with Crippen LogP contribution in [0.15, 0.2) is 22.8 Å². The van der Waals surface area contributed by atoms with Crippen LogP contribution in [0.2, 0.25) is 0 Å². The minimum Gasteiger partial charge on any atom is -0.242 e. The van der Waals surface area contributed by atoms with Crippen LogP contribution in [-0.2, 0) is 0 Å². The molecule has 0 radical (unpaired) electrons. The molecule has 2 unspecified atom stereocenters. The second kappa shape index (κ2) is 4.96. The molecule has 1 aliphatic carbocycles. The number of halogens is 1. The molecule has 0 fully saturated rings. The summed E-state index contributed by atoms with van der Waals surface area (Å²) in [5.74, 6) is 0.713. The van der Waals surface area contributed by atoms with E-state index in [4.69, 9.17) is 0 Å². The summed E-state index contributed by atoms with van der Waals surface area (Å²) in [6.07, 6.45) is 3.61. The van der Waals surface area contributed by atoms with Gasteiger partial charge < -0.3 is 0 Å². The molecule has 3 atom stereocenters. The van der Waals surface area contributed by atoms with Crippen molar-refractivity contribution in [2.75, 3.05) is 0 Å². The Morgan fingerprint density at radius 3 is 2.53 bits per heavy atom. The van der Waals surface area contributed by atoms with Gasteiger partial charge in [0.15, 0.2) is 0 Å². The maximum absolute atomic E-state index is 13.9. The van der Waals surface area contributed by atoms with Crippen molar-refractivity contribution in [1.29, 1.82) is 0 Å². The molecule has 0 spiro atoms. The summed E-state index contributed by atoms with van der Waals surface area (Å²) in [6.45, 7) is 10.4. The monoisotopic (exact) mass is 210 g/mol. The standard InChI is InChI=1S/C14H23F/c1-6-9(2)7-13-8-10(3)11(4)14(15)12(13)5/h8-9,11,14H,6-7H2,1-5H3/t9?,11?,14-/m0/s1. The molecule has 0 saturated heterocycles. The van der Waals surface area contributed by atoms with Gasteiger partial charge in [-0.05, 0) is 37.3 Å². The average molecular weight is 210 g/mol. The molecule has 0 bridgehead atoms. The number of rotatable bonds is 3. The molecule has 1 aliphatic rings. The lowest BCUT2D eigenvalue weighted by molar-refractivity contribution is 0.302. The lowest BCUT2D eigenvalue weighted by Crippen LogP contribution is -2.20. The molecule has 0 aliphatic heterocycles. The molecule has 0 nitrogen and oxygen atoms in total. The SMILES string of the molecule is CCC(C)CC1=C(C)[C@@H](F)C(C)C(C)=C1.